The second-order valence-electron chi connectivity index (χ2n) is 6.74. The van der Waals surface area contributed by atoms with E-state index < -0.39 is 6.10 Å². The monoisotopic (exact) mass is 328 g/mol. The van der Waals surface area contributed by atoms with Gasteiger partial charge in [-0.15, -0.1) is 0 Å². The first-order valence-electron chi connectivity index (χ1n) is 8.65. The number of ether oxygens (including phenoxy) is 3. The minimum atomic E-state index is -0.617. The average Bonchev–Trinajstić information content (AvgIpc) is 2.97. The molecule has 0 aromatic carbocycles. The van der Waals surface area contributed by atoms with Gasteiger partial charge in [-0.2, -0.15) is 0 Å². The lowest BCUT2D eigenvalue weighted by Gasteiger charge is -2.29. The molecule has 0 radical (unpaired) electrons. The van der Waals surface area contributed by atoms with Crippen molar-refractivity contribution in [2.75, 3.05) is 26.8 Å². The first kappa shape index (κ1) is 17.1. The first-order chi connectivity index (χ1) is 11.2. The van der Waals surface area contributed by atoms with Crippen LogP contribution >= 0.6 is 0 Å². The number of fused-ring (bicyclic) bond motifs is 1. The number of rotatable bonds is 8. The smallest absolute Gasteiger partial charge is 0.222 e. The van der Waals surface area contributed by atoms with Gasteiger partial charge in [-0.05, 0) is 12.8 Å². The molecule has 2 aliphatic heterocycles. The summed E-state index contributed by atoms with van der Waals surface area (Å²) in [5.74, 6) is -0.0512. The van der Waals surface area contributed by atoms with E-state index in [2.05, 4.69) is 10.6 Å². The third kappa shape index (κ3) is 4.22. The Balaban J connectivity index is 1.38. The van der Waals surface area contributed by atoms with Crippen molar-refractivity contribution in [1.29, 1.82) is 0 Å². The van der Waals surface area contributed by atoms with Gasteiger partial charge in [-0.25, -0.2) is 0 Å². The molecule has 3 rings (SSSR count). The Morgan fingerprint density at radius 1 is 1.35 bits per heavy atom. The van der Waals surface area contributed by atoms with E-state index in [1.807, 2.05) is 0 Å². The second kappa shape index (κ2) is 7.90. The van der Waals surface area contributed by atoms with Gasteiger partial charge in [0.15, 0.2) is 0 Å². The van der Waals surface area contributed by atoms with E-state index in [0.29, 0.717) is 38.6 Å². The van der Waals surface area contributed by atoms with E-state index in [1.54, 1.807) is 7.11 Å². The third-order valence-corrected chi connectivity index (χ3v) is 5.03. The normalized spacial score (nSPS) is 36.7. The predicted molar refractivity (Wildman–Crippen MR) is 83.1 cm³/mol. The predicted octanol–water partition coefficient (Wildman–Crippen LogP) is -0.433. The van der Waals surface area contributed by atoms with Crippen LogP contribution in [-0.4, -0.2) is 74.4 Å². The molecule has 1 saturated carbocycles. The van der Waals surface area contributed by atoms with Crippen LogP contribution in [0.4, 0.5) is 0 Å². The van der Waals surface area contributed by atoms with Gasteiger partial charge in [0.25, 0.3) is 0 Å². The Bertz CT molecular complexity index is 404. The number of carbonyl (C=O) groups excluding carboxylic acids is 1. The van der Waals surface area contributed by atoms with Crippen LogP contribution in [0.1, 0.15) is 32.1 Å². The first-order valence-corrected chi connectivity index (χ1v) is 8.65. The van der Waals surface area contributed by atoms with Crippen molar-refractivity contribution in [3.8, 4) is 0 Å². The molecule has 3 fully saturated rings. The quantitative estimate of drug-likeness (QED) is 0.524. The summed E-state index contributed by atoms with van der Waals surface area (Å²) < 4.78 is 16.7. The number of hydrogen-bond acceptors (Lipinski definition) is 6. The topological polar surface area (TPSA) is 89.1 Å². The average molecular weight is 328 g/mol. The zero-order chi connectivity index (χ0) is 16.2. The number of amides is 1. The summed E-state index contributed by atoms with van der Waals surface area (Å²) in [4.78, 5) is 11.8. The maximum atomic E-state index is 11.8. The lowest BCUT2D eigenvalue weighted by molar-refractivity contribution is -0.124. The number of hydrogen-bond donors (Lipinski definition) is 3. The molecule has 3 aliphatic rings. The van der Waals surface area contributed by atoms with Gasteiger partial charge in [0, 0.05) is 32.7 Å². The van der Waals surface area contributed by atoms with Crippen LogP contribution in [0.3, 0.4) is 0 Å². The highest BCUT2D eigenvalue weighted by atomic mass is 16.6. The van der Waals surface area contributed by atoms with Gasteiger partial charge in [-0.1, -0.05) is 6.42 Å². The van der Waals surface area contributed by atoms with Gasteiger partial charge in [0.2, 0.25) is 5.91 Å². The van der Waals surface area contributed by atoms with Crippen molar-refractivity contribution in [2.45, 2.75) is 68.7 Å². The molecule has 0 aromatic rings. The summed E-state index contributed by atoms with van der Waals surface area (Å²) in [5.41, 5.74) is 0. The van der Waals surface area contributed by atoms with E-state index in [0.717, 1.165) is 0 Å². The highest BCUT2D eigenvalue weighted by Gasteiger charge is 2.50. The molecular formula is C16H28N2O5. The zero-order valence-electron chi connectivity index (χ0n) is 13.7. The van der Waals surface area contributed by atoms with Gasteiger partial charge >= 0.3 is 0 Å². The van der Waals surface area contributed by atoms with Crippen molar-refractivity contribution < 1.29 is 24.1 Å². The largest absolute Gasteiger partial charge is 0.388 e. The van der Waals surface area contributed by atoms with Gasteiger partial charge in [0.1, 0.15) is 12.2 Å². The highest BCUT2D eigenvalue weighted by molar-refractivity contribution is 5.76. The van der Waals surface area contributed by atoms with Crippen molar-refractivity contribution in [3.05, 3.63) is 0 Å². The molecule has 2 heterocycles. The van der Waals surface area contributed by atoms with Crippen LogP contribution in [0.25, 0.3) is 0 Å². The number of carbonyl (C=O) groups is 1. The fraction of sp³-hybridized carbons (Fsp3) is 0.938. The van der Waals surface area contributed by atoms with Crippen LogP contribution in [0, 0.1) is 0 Å². The van der Waals surface area contributed by atoms with Crippen molar-refractivity contribution in [1.82, 2.24) is 10.6 Å². The molecule has 7 nitrogen and oxygen atoms in total. The SMILES string of the molecule is COCCNC(=O)CC1CC2OC(CNC3CCC3)C(O)C2O1. The summed E-state index contributed by atoms with van der Waals surface area (Å²) in [5, 5.41) is 16.6. The maximum absolute atomic E-state index is 11.8. The van der Waals surface area contributed by atoms with E-state index in [9.17, 15) is 9.90 Å². The lowest BCUT2D eigenvalue weighted by Crippen LogP contribution is -2.44. The number of aliphatic hydroxyl groups excluding tert-OH is 1. The van der Waals surface area contributed by atoms with E-state index >= 15 is 0 Å². The van der Waals surface area contributed by atoms with Gasteiger partial charge in [0.05, 0.1) is 31.3 Å². The summed E-state index contributed by atoms with van der Waals surface area (Å²) in [6.45, 7) is 1.67. The molecule has 0 bridgehead atoms. The van der Waals surface area contributed by atoms with Crippen molar-refractivity contribution >= 4 is 5.91 Å². The van der Waals surface area contributed by atoms with Crippen molar-refractivity contribution in [2.24, 2.45) is 0 Å². The highest BCUT2D eigenvalue weighted by Crippen LogP contribution is 2.35. The minimum absolute atomic E-state index is 0.0512. The molecular weight excluding hydrogens is 300 g/mol. The third-order valence-electron chi connectivity index (χ3n) is 5.03. The molecule has 3 N–H and O–H groups in total. The van der Waals surface area contributed by atoms with Gasteiger partial charge in [-0.3, -0.25) is 4.79 Å². The Hall–Kier alpha value is -0.730. The zero-order valence-corrected chi connectivity index (χ0v) is 13.7. The summed E-state index contributed by atoms with van der Waals surface area (Å²) in [7, 11) is 1.60. The molecule has 1 aliphatic carbocycles. The lowest BCUT2D eigenvalue weighted by atomic mass is 9.93. The fourth-order valence-electron chi connectivity index (χ4n) is 3.48. The number of aliphatic hydroxyl groups is 1. The number of methoxy groups -OCH3 is 1. The Kier molecular flexibility index (Phi) is 5.87. The van der Waals surface area contributed by atoms with Crippen LogP contribution < -0.4 is 10.6 Å². The second-order valence-corrected chi connectivity index (χ2v) is 6.74. The number of nitrogens with one attached hydrogen (secondary N) is 2. The van der Waals surface area contributed by atoms with Crippen LogP contribution in [0.15, 0.2) is 0 Å². The van der Waals surface area contributed by atoms with E-state index in [1.165, 1.54) is 19.3 Å². The molecule has 5 unspecified atom stereocenters. The Morgan fingerprint density at radius 2 is 2.17 bits per heavy atom. The molecule has 7 heteroatoms. The van der Waals surface area contributed by atoms with E-state index in [4.69, 9.17) is 14.2 Å². The molecule has 5 atom stereocenters. The molecule has 2 saturated heterocycles. The molecule has 23 heavy (non-hydrogen) atoms. The Morgan fingerprint density at radius 3 is 2.83 bits per heavy atom. The van der Waals surface area contributed by atoms with E-state index in [-0.39, 0.29) is 30.3 Å². The molecule has 132 valence electrons. The molecule has 0 aromatic heterocycles. The minimum Gasteiger partial charge on any atom is -0.388 e. The maximum Gasteiger partial charge on any atom is 0.222 e. The van der Waals surface area contributed by atoms with Crippen LogP contribution in [-0.2, 0) is 19.0 Å². The van der Waals surface area contributed by atoms with Crippen LogP contribution in [0.5, 0.6) is 0 Å². The summed E-state index contributed by atoms with van der Waals surface area (Å²) in [6.07, 6.45) is 3.28. The molecule has 0 spiro atoms. The molecule has 1 amide bonds. The van der Waals surface area contributed by atoms with Gasteiger partial charge < -0.3 is 30.0 Å². The summed E-state index contributed by atoms with van der Waals surface area (Å²) >= 11 is 0. The Labute approximate surface area is 137 Å². The standard InChI is InChI=1S/C16H28N2O5/c1-21-6-5-17-14(19)8-11-7-12-16(22-11)15(20)13(23-12)9-18-10-3-2-4-10/h10-13,15-16,18,20H,2-9H2,1H3,(H,17,19). The van der Waals surface area contributed by atoms with Crippen LogP contribution in [0.2, 0.25) is 0 Å². The fourth-order valence-corrected chi connectivity index (χ4v) is 3.48. The summed E-state index contributed by atoms with van der Waals surface area (Å²) in [6, 6.07) is 0.579. The van der Waals surface area contributed by atoms with Crippen molar-refractivity contribution in [3.63, 3.8) is 0 Å².